The molecule has 0 aliphatic carbocycles. The fourth-order valence-corrected chi connectivity index (χ4v) is 5.02. The second-order valence-electron chi connectivity index (χ2n) is 8.43. The van der Waals surface area contributed by atoms with Crippen LogP contribution in [0.1, 0.15) is 25.7 Å². The van der Waals surface area contributed by atoms with Gasteiger partial charge in [-0.2, -0.15) is 0 Å². The summed E-state index contributed by atoms with van der Waals surface area (Å²) in [7, 11) is 0. The SMILES string of the molecule is S=C(Oc1ccc2nc3c4ccccc4c4ccccc4c3nc2c1)N1CCCCCC1. The standard InChI is InChI=1S/C27H23N3OS/c32-27(30-15-7-1-2-8-16-30)31-18-13-14-23-24(17-18)29-26-22-12-6-4-10-20(22)19-9-3-5-11-21(19)25(26)28-23/h3-6,9-14,17H,1-2,7-8,15-16H2. The van der Waals surface area contributed by atoms with Crippen LogP contribution >= 0.6 is 12.2 Å². The van der Waals surface area contributed by atoms with Gasteiger partial charge in [-0.15, -0.1) is 0 Å². The Morgan fingerprint density at radius 1 is 0.688 bits per heavy atom. The summed E-state index contributed by atoms with van der Waals surface area (Å²) in [4.78, 5) is 12.2. The highest BCUT2D eigenvalue weighted by molar-refractivity contribution is 7.80. The van der Waals surface area contributed by atoms with Crippen molar-refractivity contribution in [3.05, 3.63) is 66.7 Å². The molecule has 0 unspecified atom stereocenters. The van der Waals surface area contributed by atoms with Crippen LogP contribution in [0, 0.1) is 0 Å². The minimum atomic E-state index is 0.552. The van der Waals surface area contributed by atoms with Gasteiger partial charge in [0.15, 0.2) is 0 Å². The van der Waals surface area contributed by atoms with E-state index in [4.69, 9.17) is 26.9 Å². The topological polar surface area (TPSA) is 38.3 Å². The zero-order valence-corrected chi connectivity index (χ0v) is 18.6. The molecule has 5 heteroatoms. The van der Waals surface area contributed by atoms with E-state index in [2.05, 4.69) is 53.4 Å². The fourth-order valence-electron chi connectivity index (χ4n) is 4.74. The first-order chi connectivity index (χ1) is 15.8. The van der Waals surface area contributed by atoms with Crippen molar-refractivity contribution in [3.8, 4) is 5.75 Å². The minimum absolute atomic E-state index is 0.552. The van der Waals surface area contributed by atoms with Gasteiger partial charge in [-0.1, -0.05) is 61.4 Å². The van der Waals surface area contributed by atoms with E-state index in [1.807, 2.05) is 18.2 Å². The Labute approximate surface area is 191 Å². The summed E-state index contributed by atoms with van der Waals surface area (Å²) < 4.78 is 6.08. The molecule has 4 aromatic carbocycles. The van der Waals surface area contributed by atoms with E-state index in [1.54, 1.807) is 0 Å². The summed E-state index contributed by atoms with van der Waals surface area (Å²) in [6.07, 6.45) is 4.86. The van der Waals surface area contributed by atoms with E-state index in [0.717, 1.165) is 45.9 Å². The van der Waals surface area contributed by atoms with Crippen molar-refractivity contribution in [2.24, 2.45) is 0 Å². The lowest BCUT2D eigenvalue weighted by molar-refractivity contribution is 0.361. The molecular formula is C27H23N3OS. The summed E-state index contributed by atoms with van der Waals surface area (Å²) in [5, 5.41) is 5.18. The number of rotatable bonds is 1. The van der Waals surface area contributed by atoms with Crippen LogP contribution in [0.25, 0.3) is 43.6 Å². The van der Waals surface area contributed by atoms with Crippen LogP contribution in [0.3, 0.4) is 0 Å². The number of benzene rings is 4. The lowest BCUT2D eigenvalue weighted by Gasteiger charge is -2.22. The first kappa shape index (κ1) is 19.4. The molecule has 6 rings (SSSR count). The van der Waals surface area contributed by atoms with Crippen molar-refractivity contribution in [1.29, 1.82) is 0 Å². The third kappa shape index (κ3) is 3.33. The van der Waals surface area contributed by atoms with Crippen molar-refractivity contribution in [1.82, 2.24) is 14.9 Å². The molecule has 0 N–H and O–H groups in total. The monoisotopic (exact) mass is 437 g/mol. The second kappa shape index (κ2) is 7.99. The number of hydrogen-bond donors (Lipinski definition) is 0. The average molecular weight is 438 g/mol. The molecule has 0 amide bonds. The Morgan fingerprint density at radius 3 is 1.88 bits per heavy atom. The number of ether oxygens (including phenoxy) is 1. The Hall–Kier alpha value is -3.31. The number of likely N-dealkylation sites (tertiary alicyclic amines) is 1. The highest BCUT2D eigenvalue weighted by Gasteiger charge is 2.16. The summed E-state index contributed by atoms with van der Waals surface area (Å²) in [6, 6.07) is 22.7. The molecule has 0 spiro atoms. The number of fused-ring (bicyclic) bond motifs is 7. The Bertz CT molecular complexity index is 1490. The zero-order valence-electron chi connectivity index (χ0n) is 17.8. The van der Waals surface area contributed by atoms with Crippen LogP contribution in [0.15, 0.2) is 66.7 Å². The largest absolute Gasteiger partial charge is 0.432 e. The molecule has 0 radical (unpaired) electrons. The minimum Gasteiger partial charge on any atom is -0.432 e. The lowest BCUT2D eigenvalue weighted by atomic mass is 9.99. The summed E-state index contributed by atoms with van der Waals surface area (Å²) in [5.74, 6) is 0.713. The zero-order chi connectivity index (χ0) is 21.5. The summed E-state index contributed by atoms with van der Waals surface area (Å²) in [5.41, 5.74) is 3.51. The molecule has 1 fully saturated rings. The van der Waals surface area contributed by atoms with Crippen LogP contribution < -0.4 is 4.74 Å². The van der Waals surface area contributed by atoms with E-state index in [0.29, 0.717) is 10.9 Å². The van der Waals surface area contributed by atoms with Crippen LogP contribution in [-0.2, 0) is 0 Å². The van der Waals surface area contributed by atoms with E-state index >= 15 is 0 Å². The molecule has 5 aromatic rings. The number of hydrogen-bond acceptors (Lipinski definition) is 4. The molecule has 1 aromatic heterocycles. The first-order valence-corrected chi connectivity index (χ1v) is 11.7. The fraction of sp³-hybridized carbons (Fsp3) is 0.222. The highest BCUT2D eigenvalue weighted by atomic mass is 32.1. The second-order valence-corrected chi connectivity index (χ2v) is 8.78. The van der Waals surface area contributed by atoms with Gasteiger partial charge in [-0.25, -0.2) is 9.97 Å². The molecule has 0 saturated carbocycles. The van der Waals surface area contributed by atoms with Gasteiger partial charge in [0.05, 0.1) is 22.1 Å². The third-order valence-electron chi connectivity index (χ3n) is 6.36. The number of aromatic nitrogens is 2. The quantitative estimate of drug-likeness (QED) is 0.167. The van der Waals surface area contributed by atoms with Crippen molar-refractivity contribution in [2.45, 2.75) is 25.7 Å². The molecule has 1 aliphatic heterocycles. The van der Waals surface area contributed by atoms with Gasteiger partial charge in [-0.3, -0.25) is 0 Å². The van der Waals surface area contributed by atoms with Gasteiger partial charge >= 0.3 is 0 Å². The predicted octanol–water partition coefficient (Wildman–Crippen LogP) is 6.63. The Morgan fingerprint density at radius 2 is 1.25 bits per heavy atom. The predicted molar refractivity (Wildman–Crippen MR) is 135 cm³/mol. The average Bonchev–Trinajstić information content (AvgIpc) is 3.13. The van der Waals surface area contributed by atoms with Crippen LogP contribution in [0.2, 0.25) is 0 Å². The Balaban J connectivity index is 1.47. The van der Waals surface area contributed by atoms with E-state index in [1.165, 1.54) is 36.5 Å². The molecule has 32 heavy (non-hydrogen) atoms. The van der Waals surface area contributed by atoms with E-state index < -0.39 is 0 Å². The molecule has 1 saturated heterocycles. The van der Waals surface area contributed by atoms with Gasteiger partial charge in [0.2, 0.25) is 0 Å². The van der Waals surface area contributed by atoms with Crippen molar-refractivity contribution in [2.75, 3.05) is 13.1 Å². The van der Waals surface area contributed by atoms with Crippen LogP contribution in [-0.4, -0.2) is 33.1 Å². The van der Waals surface area contributed by atoms with Crippen molar-refractivity contribution >= 4 is 61.0 Å². The Kier molecular flexibility index (Phi) is 4.84. The van der Waals surface area contributed by atoms with Crippen LogP contribution in [0.4, 0.5) is 0 Å². The molecule has 158 valence electrons. The summed E-state index contributed by atoms with van der Waals surface area (Å²) in [6.45, 7) is 1.94. The van der Waals surface area contributed by atoms with E-state index in [9.17, 15) is 0 Å². The molecule has 2 heterocycles. The van der Waals surface area contributed by atoms with Crippen LogP contribution in [0.5, 0.6) is 5.75 Å². The highest BCUT2D eigenvalue weighted by Crippen LogP contribution is 2.34. The smallest absolute Gasteiger partial charge is 0.264 e. The molecule has 4 nitrogen and oxygen atoms in total. The third-order valence-corrected chi connectivity index (χ3v) is 6.70. The van der Waals surface area contributed by atoms with Gasteiger partial charge in [0, 0.05) is 29.9 Å². The molecule has 0 bridgehead atoms. The molecular weight excluding hydrogens is 414 g/mol. The first-order valence-electron chi connectivity index (χ1n) is 11.3. The van der Waals surface area contributed by atoms with Gasteiger partial charge in [0.25, 0.3) is 5.17 Å². The number of thiocarbonyl (C=S) groups is 1. The van der Waals surface area contributed by atoms with Gasteiger partial charge < -0.3 is 9.64 Å². The van der Waals surface area contributed by atoms with E-state index in [-0.39, 0.29) is 0 Å². The normalized spacial score (nSPS) is 14.8. The molecule has 0 atom stereocenters. The van der Waals surface area contributed by atoms with Crippen molar-refractivity contribution in [3.63, 3.8) is 0 Å². The summed E-state index contributed by atoms with van der Waals surface area (Å²) >= 11 is 5.60. The maximum Gasteiger partial charge on any atom is 0.264 e. The van der Waals surface area contributed by atoms with Crippen molar-refractivity contribution < 1.29 is 4.74 Å². The number of nitrogens with zero attached hydrogens (tertiary/aromatic N) is 3. The lowest BCUT2D eigenvalue weighted by Crippen LogP contribution is -2.34. The van der Waals surface area contributed by atoms with Gasteiger partial charge in [0.1, 0.15) is 5.75 Å². The maximum atomic E-state index is 6.08. The van der Waals surface area contributed by atoms with Gasteiger partial charge in [-0.05, 0) is 48.0 Å². The molecule has 1 aliphatic rings. The maximum absolute atomic E-state index is 6.08.